The van der Waals surface area contributed by atoms with Crippen molar-refractivity contribution < 1.29 is 32.6 Å². The molecule has 0 unspecified atom stereocenters. The second kappa shape index (κ2) is 10.2. The quantitative estimate of drug-likeness (QED) is 0.583. The number of anilines is 2. The van der Waals surface area contributed by atoms with Crippen LogP contribution in [0.2, 0.25) is 0 Å². The Hall–Kier alpha value is -4.02. The van der Waals surface area contributed by atoms with Gasteiger partial charge < -0.3 is 24.6 Å². The summed E-state index contributed by atoms with van der Waals surface area (Å²) in [5.41, 5.74) is 2.22. The van der Waals surface area contributed by atoms with Crippen LogP contribution in [-0.4, -0.2) is 67.7 Å². The molecular weight excluding hydrogens is 486 g/mol. The van der Waals surface area contributed by atoms with Gasteiger partial charge in [-0.3, -0.25) is 14.4 Å². The third kappa shape index (κ3) is 5.55. The van der Waals surface area contributed by atoms with Crippen molar-refractivity contribution in [1.29, 1.82) is 0 Å². The first-order chi connectivity index (χ1) is 17.8. The third-order valence-electron chi connectivity index (χ3n) is 6.64. The van der Waals surface area contributed by atoms with Crippen LogP contribution >= 0.6 is 0 Å². The third-order valence-corrected chi connectivity index (χ3v) is 6.64. The van der Waals surface area contributed by atoms with Gasteiger partial charge in [0.2, 0.25) is 11.8 Å². The summed E-state index contributed by atoms with van der Waals surface area (Å²) in [5, 5.41) is 2.83. The van der Waals surface area contributed by atoms with Crippen molar-refractivity contribution in [2.45, 2.75) is 32.4 Å². The Morgan fingerprint density at radius 1 is 1.14 bits per heavy atom. The fourth-order valence-electron chi connectivity index (χ4n) is 4.48. The van der Waals surface area contributed by atoms with Gasteiger partial charge in [0.15, 0.2) is 11.5 Å². The summed E-state index contributed by atoms with van der Waals surface area (Å²) >= 11 is 0. The molecule has 5 rings (SSSR count). The highest BCUT2D eigenvalue weighted by atomic mass is 19.3. The molecule has 2 heterocycles. The number of carbonyl (C=O) groups excluding carboxylic acids is 3. The number of ether oxygens (including phenoxy) is 2. The highest BCUT2D eigenvalue weighted by Crippen LogP contribution is 2.36. The fraction of sp³-hybridized carbons (Fsp3) is 0.385. The minimum Gasteiger partial charge on any atom is -0.489 e. The standard InChI is InChI=1S/C26H26F2N4O5/c1-15(33)32-9-8-31(19-5-7-22(37-26(27)28)23(11-19)36-14-16-2-3-16)13-21(32)25(35)30-18-4-6-20-17(10-18)12-29-24(20)34/h4-7,10-12,16,21,26H,2-3,8-9,13-14H2,1H3,(H,30,35)/t21-/m1/s1. The minimum absolute atomic E-state index is 0.0466. The van der Waals surface area contributed by atoms with Crippen LogP contribution in [0.5, 0.6) is 11.5 Å². The number of carbonyl (C=O) groups is 3. The maximum atomic E-state index is 13.3. The normalized spacial score (nSPS) is 18.7. The zero-order valence-corrected chi connectivity index (χ0v) is 20.2. The molecular formula is C26H26F2N4O5. The van der Waals surface area contributed by atoms with Crippen molar-refractivity contribution >= 4 is 35.3 Å². The van der Waals surface area contributed by atoms with Crippen LogP contribution in [0.3, 0.4) is 0 Å². The number of rotatable bonds is 8. The Balaban J connectivity index is 1.34. The van der Waals surface area contributed by atoms with E-state index in [-0.39, 0.29) is 35.8 Å². The molecule has 0 spiro atoms. The van der Waals surface area contributed by atoms with Crippen molar-refractivity contribution in [3.8, 4) is 11.5 Å². The van der Waals surface area contributed by atoms with Gasteiger partial charge in [0, 0.05) is 55.8 Å². The van der Waals surface area contributed by atoms with E-state index >= 15 is 0 Å². The van der Waals surface area contributed by atoms with Crippen LogP contribution in [0.25, 0.3) is 0 Å². The van der Waals surface area contributed by atoms with Gasteiger partial charge in [-0.15, -0.1) is 0 Å². The summed E-state index contributed by atoms with van der Waals surface area (Å²) in [6.07, 6.45) is 3.53. The average molecular weight is 513 g/mol. The number of halogens is 2. The van der Waals surface area contributed by atoms with E-state index in [1.54, 1.807) is 30.3 Å². The summed E-state index contributed by atoms with van der Waals surface area (Å²) < 4.78 is 36.2. The molecule has 11 heteroatoms. The van der Waals surface area contributed by atoms with Crippen LogP contribution in [0, 0.1) is 5.92 Å². The lowest BCUT2D eigenvalue weighted by Gasteiger charge is -2.41. The molecule has 1 saturated carbocycles. The number of nitrogens with one attached hydrogen (secondary N) is 1. The Morgan fingerprint density at radius 2 is 1.95 bits per heavy atom. The molecule has 2 aromatic rings. The van der Waals surface area contributed by atoms with Crippen molar-refractivity contribution in [3.05, 3.63) is 47.5 Å². The maximum Gasteiger partial charge on any atom is 0.387 e. The summed E-state index contributed by atoms with van der Waals surface area (Å²) in [6, 6.07) is 8.78. The number of hydrogen-bond acceptors (Lipinski definition) is 6. The molecule has 1 atom stereocenters. The average Bonchev–Trinajstić information content (AvgIpc) is 3.64. The van der Waals surface area contributed by atoms with Gasteiger partial charge in [-0.25, -0.2) is 4.99 Å². The molecule has 9 nitrogen and oxygen atoms in total. The zero-order valence-electron chi connectivity index (χ0n) is 20.2. The van der Waals surface area contributed by atoms with Crippen LogP contribution in [-0.2, 0) is 9.59 Å². The largest absolute Gasteiger partial charge is 0.489 e. The van der Waals surface area contributed by atoms with Gasteiger partial charge in [-0.1, -0.05) is 0 Å². The van der Waals surface area contributed by atoms with Crippen molar-refractivity contribution in [2.75, 3.05) is 36.5 Å². The molecule has 1 aliphatic carbocycles. The van der Waals surface area contributed by atoms with Gasteiger partial charge in [0.25, 0.3) is 5.91 Å². The highest BCUT2D eigenvalue weighted by molar-refractivity contribution is 6.13. The predicted molar refractivity (Wildman–Crippen MR) is 132 cm³/mol. The molecule has 3 amide bonds. The van der Waals surface area contributed by atoms with Gasteiger partial charge in [-0.05, 0) is 49.1 Å². The van der Waals surface area contributed by atoms with E-state index in [1.807, 2.05) is 4.90 Å². The van der Waals surface area contributed by atoms with E-state index in [2.05, 4.69) is 15.0 Å². The lowest BCUT2D eigenvalue weighted by Crippen LogP contribution is -2.59. The summed E-state index contributed by atoms with van der Waals surface area (Å²) in [7, 11) is 0. The lowest BCUT2D eigenvalue weighted by molar-refractivity contribution is -0.137. The van der Waals surface area contributed by atoms with E-state index in [0.717, 1.165) is 12.8 Å². The first-order valence-corrected chi connectivity index (χ1v) is 12.1. The lowest BCUT2D eigenvalue weighted by atomic mass is 10.1. The minimum atomic E-state index is -2.98. The molecule has 194 valence electrons. The molecule has 37 heavy (non-hydrogen) atoms. The smallest absolute Gasteiger partial charge is 0.387 e. The molecule has 1 N–H and O–H groups in total. The SMILES string of the molecule is CC(=O)N1CCN(c2ccc(OC(F)F)c(OCC3CC3)c2)C[C@@H]1C(=O)Nc1ccc2c(c1)C=NC2=O. The number of nitrogens with zero attached hydrogens (tertiary/aromatic N) is 3. The summed E-state index contributed by atoms with van der Waals surface area (Å²) in [4.78, 5) is 44.5. The molecule has 0 radical (unpaired) electrons. The monoisotopic (exact) mass is 512 g/mol. The number of fused-ring (bicyclic) bond motifs is 1. The number of aliphatic imine (C=N–C) groups is 1. The first kappa shape index (κ1) is 24.7. The number of amides is 3. The van der Waals surface area contributed by atoms with Crippen LogP contribution < -0.4 is 19.7 Å². The van der Waals surface area contributed by atoms with Crippen LogP contribution in [0.4, 0.5) is 20.2 Å². The van der Waals surface area contributed by atoms with Crippen molar-refractivity contribution in [1.82, 2.24) is 4.90 Å². The Labute approximate surface area is 212 Å². The van der Waals surface area contributed by atoms with Gasteiger partial charge >= 0.3 is 6.61 Å². The van der Waals surface area contributed by atoms with Crippen molar-refractivity contribution in [3.63, 3.8) is 0 Å². The van der Waals surface area contributed by atoms with E-state index in [4.69, 9.17) is 4.74 Å². The topological polar surface area (TPSA) is 101 Å². The Kier molecular flexibility index (Phi) is 6.77. The number of alkyl halides is 2. The maximum absolute atomic E-state index is 13.3. The summed E-state index contributed by atoms with van der Waals surface area (Å²) in [5.74, 6) is -0.365. The number of benzene rings is 2. The van der Waals surface area contributed by atoms with E-state index in [9.17, 15) is 23.2 Å². The fourth-order valence-corrected chi connectivity index (χ4v) is 4.48. The van der Waals surface area contributed by atoms with E-state index < -0.39 is 12.7 Å². The zero-order chi connectivity index (χ0) is 26.1. The Bertz CT molecular complexity index is 1260. The van der Waals surface area contributed by atoms with E-state index in [0.29, 0.717) is 48.1 Å². The van der Waals surface area contributed by atoms with Crippen LogP contribution in [0.1, 0.15) is 35.7 Å². The Morgan fingerprint density at radius 3 is 2.68 bits per heavy atom. The van der Waals surface area contributed by atoms with E-state index in [1.165, 1.54) is 24.1 Å². The molecule has 3 aliphatic rings. The first-order valence-electron chi connectivity index (χ1n) is 12.1. The van der Waals surface area contributed by atoms with Gasteiger partial charge in [0.05, 0.1) is 12.2 Å². The molecule has 2 aromatic carbocycles. The summed E-state index contributed by atoms with van der Waals surface area (Å²) in [6.45, 7) is -0.223. The second-order valence-electron chi connectivity index (χ2n) is 9.29. The molecule has 0 bridgehead atoms. The number of hydrogen-bond donors (Lipinski definition) is 1. The molecule has 2 fully saturated rings. The molecule has 0 aromatic heterocycles. The second-order valence-corrected chi connectivity index (χ2v) is 9.29. The number of piperazine rings is 1. The molecule has 1 saturated heterocycles. The van der Waals surface area contributed by atoms with Crippen LogP contribution in [0.15, 0.2) is 41.4 Å². The molecule has 2 aliphatic heterocycles. The predicted octanol–water partition coefficient (Wildman–Crippen LogP) is 3.33. The van der Waals surface area contributed by atoms with Gasteiger partial charge in [0.1, 0.15) is 6.04 Å². The van der Waals surface area contributed by atoms with Crippen molar-refractivity contribution in [2.24, 2.45) is 10.9 Å². The highest BCUT2D eigenvalue weighted by Gasteiger charge is 2.35. The van der Waals surface area contributed by atoms with Gasteiger partial charge in [-0.2, -0.15) is 8.78 Å².